The molecule has 0 saturated carbocycles. The molecular weight excluding hydrogens is 264 g/mol. The number of hydrogen-bond donors (Lipinski definition) is 0. The molecule has 0 fully saturated rings. The molecule has 5 nitrogen and oxygen atoms in total. The van der Waals surface area contributed by atoms with Crippen LogP contribution >= 0.6 is 0 Å². The van der Waals surface area contributed by atoms with Crippen LogP contribution in [0.15, 0.2) is 30.6 Å². The molecule has 1 aliphatic rings. The average molecular weight is 284 g/mol. The highest BCUT2D eigenvalue weighted by atomic mass is 16.5. The average Bonchev–Trinajstić information content (AvgIpc) is 2.95. The van der Waals surface area contributed by atoms with Crippen LogP contribution in [0.5, 0.6) is 5.75 Å². The molecule has 1 aliphatic heterocycles. The minimum Gasteiger partial charge on any atom is -0.493 e. The Hall–Kier alpha value is -2.30. The van der Waals surface area contributed by atoms with Gasteiger partial charge in [0, 0.05) is 40.2 Å². The molecular formula is C16H20N4O. The van der Waals surface area contributed by atoms with Crippen molar-refractivity contribution < 1.29 is 4.74 Å². The summed E-state index contributed by atoms with van der Waals surface area (Å²) in [7, 11) is 6.00. The molecule has 2 aromatic rings. The van der Waals surface area contributed by atoms with Crippen LogP contribution in [0.25, 0.3) is 0 Å². The Labute approximate surface area is 125 Å². The first-order chi connectivity index (χ1) is 10.1. The van der Waals surface area contributed by atoms with Crippen LogP contribution in [0.2, 0.25) is 0 Å². The number of fused-ring (bicyclic) bond motifs is 1. The molecule has 0 saturated heterocycles. The van der Waals surface area contributed by atoms with Gasteiger partial charge in [0.05, 0.1) is 6.61 Å². The van der Waals surface area contributed by atoms with E-state index in [9.17, 15) is 0 Å². The van der Waals surface area contributed by atoms with Crippen LogP contribution in [0.1, 0.15) is 11.1 Å². The molecule has 0 radical (unpaired) electrons. The fraction of sp³-hybridized carbons (Fsp3) is 0.375. The van der Waals surface area contributed by atoms with E-state index in [2.05, 4.69) is 33.1 Å². The number of hydrogen-bond acceptors (Lipinski definition) is 5. The summed E-state index contributed by atoms with van der Waals surface area (Å²) in [6, 6.07) is 8.41. The van der Waals surface area contributed by atoms with Crippen molar-refractivity contribution in [2.75, 3.05) is 37.5 Å². The minimum absolute atomic E-state index is 0.798. The smallest absolute Gasteiger partial charge is 0.134 e. The molecule has 3 rings (SSSR count). The molecule has 0 aliphatic carbocycles. The highest BCUT2D eigenvalue weighted by molar-refractivity contribution is 5.49. The lowest BCUT2D eigenvalue weighted by Crippen LogP contribution is -2.19. The summed E-state index contributed by atoms with van der Waals surface area (Å²) < 4.78 is 5.55. The summed E-state index contributed by atoms with van der Waals surface area (Å²) in [4.78, 5) is 12.7. The van der Waals surface area contributed by atoms with E-state index in [4.69, 9.17) is 4.74 Å². The Kier molecular flexibility index (Phi) is 3.64. The van der Waals surface area contributed by atoms with Gasteiger partial charge in [0.15, 0.2) is 0 Å². The zero-order valence-electron chi connectivity index (χ0n) is 12.7. The van der Waals surface area contributed by atoms with Crippen molar-refractivity contribution >= 4 is 11.6 Å². The van der Waals surface area contributed by atoms with E-state index in [0.717, 1.165) is 37.0 Å². The molecule has 0 spiro atoms. The summed E-state index contributed by atoms with van der Waals surface area (Å²) >= 11 is 0. The van der Waals surface area contributed by atoms with Gasteiger partial charge in [0.25, 0.3) is 0 Å². The normalized spacial score (nSPS) is 12.7. The van der Waals surface area contributed by atoms with E-state index in [1.54, 1.807) is 6.33 Å². The van der Waals surface area contributed by atoms with Gasteiger partial charge in [0.2, 0.25) is 0 Å². The predicted octanol–water partition coefficient (Wildman–Crippen LogP) is 2.11. The third-order valence-electron chi connectivity index (χ3n) is 3.66. The van der Waals surface area contributed by atoms with Gasteiger partial charge in [-0.25, -0.2) is 9.97 Å². The number of ether oxygens (including phenoxy) is 1. The molecule has 0 unspecified atom stereocenters. The summed E-state index contributed by atoms with van der Waals surface area (Å²) in [5.74, 6) is 2.86. The topological polar surface area (TPSA) is 41.5 Å². The zero-order valence-corrected chi connectivity index (χ0v) is 12.7. The van der Waals surface area contributed by atoms with Crippen LogP contribution in [0, 0.1) is 0 Å². The zero-order chi connectivity index (χ0) is 14.8. The predicted molar refractivity (Wildman–Crippen MR) is 84.1 cm³/mol. The van der Waals surface area contributed by atoms with E-state index in [0.29, 0.717) is 0 Å². The van der Waals surface area contributed by atoms with Crippen LogP contribution in [0.3, 0.4) is 0 Å². The van der Waals surface area contributed by atoms with Gasteiger partial charge in [-0.15, -0.1) is 0 Å². The Bertz CT molecular complexity index is 642. The Morgan fingerprint density at radius 3 is 2.71 bits per heavy atom. The third-order valence-corrected chi connectivity index (χ3v) is 3.66. The van der Waals surface area contributed by atoms with Gasteiger partial charge < -0.3 is 14.5 Å². The van der Waals surface area contributed by atoms with Gasteiger partial charge >= 0.3 is 0 Å². The van der Waals surface area contributed by atoms with E-state index < -0.39 is 0 Å². The van der Waals surface area contributed by atoms with Gasteiger partial charge in [-0.3, -0.25) is 0 Å². The quantitative estimate of drug-likeness (QED) is 0.860. The fourth-order valence-electron chi connectivity index (χ4n) is 2.48. The molecule has 0 amide bonds. The highest BCUT2D eigenvalue weighted by Gasteiger charge is 2.13. The molecule has 1 aromatic heterocycles. The first-order valence-corrected chi connectivity index (χ1v) is 7.08. The molecule has 110 valence electrons. The molecule has 1 aromatic carbocycles. The van der Waals surface area contributed by atoms with E-state index >= 15 is 0 Å². The van der Waals surface area contributed by atoms with Gasteiger partial charge in [-0.1, -0.05) is 12.1 Å². The van der Waals surface area contributed by atoms with Gasteiger partial charge in [0.1, 0.15) is 23.7 Å². The molecule has 2 heterocycles. The molecule has 5 heteroatoms. The Morgan fingerprint density at radius 2 is 1.90 bits per heavy atom. The van der Waals surface area contributed by atoms with Crippen molar-refractivity contribution in [2.45, 2.75) is 13.0 Å². The van der Waals surface area contributed by atoms with Crippen molar-refractivity contribution in [1.29, 1.82) is 0 Å². The van der Waals surface area contributed by atoms with Crippen molar-refractivity contribution in [3.05, 3.63) is 41.7 Å². The lowest BCUT2D eigenvalue weighted by Gasteiger charge is -2.20. The summed E-state index contributed by atoms with van der Waals surface area (Å²) in [6.45, 7) is 1.61. The van der Waals surface area contributed by atoms with Gasteiger partial charge in [-0.2, -0.15) is 0 Å². The summed E-state index contributed by atoms with van der Waals surface area (Å²) in [5, 5.41) is 0. The first kappa shape index (κ1) is 13.7. The molecule has 21 heavy (non-hydrogen) atoms. The second-order valence-electron chi connectivity index (χ2n) is 5.53. The Morgan fingerprint density at radius 1 is 1.10 bits per heavy atom. The van der Waals surface area contributed by atoms with Crippen molar-refractivity contribution in [1.82, 2.24) is 9.97 Å². The van der Waals surface area contributed by atoms with Gasteiger partial charge in [-0.05, 0) is 17.2 Å². The second-order valence-corrected chi connectivity index (χ2v) is 5.53. The van der Waals surface area contributed by atoms with Crippen LogP contribution in [-0.4, -0.2) is 37.7 Å². The Balaban J connectivity index is 1.77. The van der Waals surface area contributed by atoms with Crippen molar-refractivity contribution in [3.8, 4) is 5.75 Å². The summed E-state index contributed by atoms with van der Waals surface area (Å²) in [6.07, 6.45) is 2.61. The lowest BCUT2D eigenvalue weighted by atomic mass is 10.1. The van der Waals surface area contributed by atoms with Crippen LogP contribution in [-0.2, 0) is 13.0 Å². The maximum absolute atomic E-state index is 5.55. The maximum Gasteiger partial charge on any atom is 0.134 e. The largest absolute Gasteiger partial charge is 0.493 e. The SMILES string of the molecule is CN(C)c1cc(N(C)Cc2ccc3c(c2)CCO3)ncn1. The van der Waals surface area contributed by atoms with Crippen molar-refractivity contribution in [2.24, 2.45) is 0 Å². The minimum atomic E-state index is 0.798. The molecule has 0 atom stereocenters. The number of rotatable bonds is 4. The number of aromatic nitrogens is 2. The van der Waals surface area contributed by atoms with E-state index in [-0.39, 0.29) is 0 Å². The number of nitrogens with zero attached hydrogens (tertiary/aromatic N) is 4. The maximum atomic E-state index is 5.55. The summed E-state index contributed by atoms with van der Waals surface area (Å²) in [5.41, 5.74) is 2.57. The monoisotopic (exact) mass is 284 g/mol. The van der Waals surface area contributed by atoms with Crippen LogP contribution < -0.4 is 14.5 Å². The van der Waals surface area contributed by atoms with Crippen molar-refractivity contribution in [3.63, 3.8) is 0 Å². The molecule has 0 N–H and O–H groups in total. The van der Waals surface area contributed by atoms with E-state index in [1.807, 2.05) is 32.1 Å². The third kappa shape index (κ3) is 2.91. The number of anilines is 2. The first-order valence-electron chi connectivity index (χ1n) is 7.08. The lowest BCUT2D eigenvalue weighted by molar-refractivity contribution is 0.357. The van der Waals surface area contributed by atoms with Crippen LogP contribution in [0.4, 0.5) is 11.6 Å². The van der Waals surface area contributed by atoms with E-state index in [1.165, 1.54) is 11.1 Å². The second kappa shape index (κ2) is 5.60. The highest BCUT2D eigenvalue weighted by Crippen LogP contribution is 2.26. The number of benzene rings is 1. The standard InChI is InChI=1S/C16H20N4O/c1-19(2)15-9-16(18-11-17-15)20(3)10-12-4-5-14-13(8-12)6-7-21-14/h4-5,8-9,11H,6-7,10H2,1-3H3. The molecule has 0 bridgehead atoms. The fourth-order valence-corrected chi connectivity index (χ4v) is 2.48.